The number of nitrogens with one attached hydrogen (secondary N) is 2. The third-order valence-electron chi connectivity index (χ3n) is 5.72. The first-order valence-corrected chi connectivity index (χ1v) is 11.3. The first-order chi connectivity index (χ1) is 15.4. The van der Waals surface area contributed by atoms with Gasteiger partial charge in [0, 0.05) is 25.4 Å². The van der Waals surface area contributed by atoms with Crippen LogP contribution in [-0.4, -0.2) is 57.9 Å². The molecule has 2 amide bonds. The zero-order valence-electron chi connectivity index (χ0n) is 17.4. The summed E-state index contributed by atoms with van der Waals surface area (Å²) in [7, 11) is 0. The molecule has 3 heterocycles. The molecule has 1 aromatic heterocycles. The number of carbonyl (C=O) groups excluding carboxylic acids is 1. The summed E-state index contributed by atoms with van der Waals surface area (Å²) in [5.41, 5.74) is 8.63. The van der Waals surface area contributed by atoms with Crippen LogP contribution in [0.2, 0.25) is 10.0 Å². The number of ether oxygens (including phenoxy) is 1. The molecule has 3 unspecified atom stereocenters. The maximum absolute atomic E-state index is 12.8. The van der Waals surface area contributed by atoms with Crippen LogP contribution in [0.15, 0.2) is 24.4 Å². The van der Waals surface area contributed by atoms with Crippen molar-refractivity contribution in [2.24, 2.45) is 5.73 Å². The highest BCUT2D eigenvalue weighted by Crippen LogP contribution is 2.25. The van der Waals surface area contributed by atoms with E-state index in [1.54, 1.807) is 23.1 Å². The maximum Gasteiger partial charge on any atom is 0.319 e. The highest BCUT2D eigenvalue weighted by atomic mass is 35.5. The Hall–Kier alpha value is -2.17. The SMILES string of the molecule is NC(NC(=O)N1CCc2cnc(NC3CCOC(CO)C3)nc2C1)c1ccc(Cl)c(Cl)c1. The third-order valence-corrected chi connectivity index (χ3v) is 6.46. The second-order valence-corrected chi connectivity index (χ2v) is 8.79. The van der Waals surface area contributed by atoms with Crippen LogP contribution in [0.3, 0.4) is 0 Å². The Morgan fingerprint density at radius 3 is 3.00 bits per heavy atom. The molecule has 1 fully saturated rings. The number of nitrogens with two attached hydrogens (primary N) is 1. The van der Waals surface area contributed by atoms with Gasteiger partial charge >= 0.3 is 6.03 Å². The van der Waals surface area contributed by atoms with Gasteiger partial charge in [-0.25, -0.2) is 14.8 Å². The number of halogens is 2. The number of benzene rings is 1. The van der Waals surface area contributed by atoms with Gasteiger partial charge in [0.05, 0.1) is 35.0 Å². The molecule has 9 nitrogen and oxygen atoms in total. The van der Waals surface area contributed by atoms with Crippen molar-refractivity contribution in [2.45, 2.75) is 44.1 Å². The van der Waals surface area contributed by atoms with E-state index in [2.05, 4.69) is 20.6 Å². The lowest BCUT2D eigenvalue weighted by molar-refractivity contribution is -0.0213. The fourth-order valence-electron chi connectivity index (χ4n) is 3.88. The van der Waals surface area contributed by atoms with Gasteiger partial charge in [-0.3, -0.25) is 0 Å². The van der Waals surface area contributed by atoms with Gasteiger partial charge in [-0.2, -0.15) is 0 Å². The van der Waals surface area contributed by atoms with Crippen molar-refractivity contribution < 1.29 is 14.6 Å². The molecule has 0 spiro atoms. The van der Waals surface area contributed by atoms with E-state index < -0.39 is 6.17 Å². The number of fused-ring (bicyclic) bond motifs is 1. The van der Waals surface area contributed by atoms with E-state index in [9.17, 15) is 9.90 Å². The lowest BCUT2D eigenvalue weighted by Gasteiger charge is -2.31. The molecule has 4 rings (SSSR count). The molecule has 0 radical (unpaired) electrons. The van der Waals surface area contributed by atoms with Gasteiger partial charge in [0.15, 0.2) is 0 Å². The number of amides is 2. The summed E-state index contributed by atoms with van der Waals surface area (Å²) >= 11 is 12.0. The normalized spacial score (nSPS) is 21.6. The minimum Gasteiger partial charge on any atom is -0.394 e. The standard InChI is InChI=1S/C21H26Cl2N6O3/c22-16-2-1-12(7-17(16)23)19(24)28-21(31)29-5-3-13-9-25-20(27-18(13)10-29)26-14-4-6-32-15(8-14)11-30/h1-2,7,9,14-15,19,30H,3-6,8,10-11,24H2,(H,28,31)(H,25,26,27). The number of rotatable bonds is 5. The van der Waals surface area contributed by atoms with Crippen LogP contribution >= 0.6 is 23.2 Å². The maximum atomic E-state index is 12.8. The summed E-state index contributed by atoms with van der Waals surface area (Å²) in [5, 5.41) is 16.3. The Kier molecular flexibility index (Phi) is 7.32. The highest BCUT2D eigenvalue weighted by Gasteiger charge is 2.26. The number of urea groups is 1. The molecule has 2 aliphatic heterocycles. The summed E-state index contributed by atoms with van der Waals surface area (Å²) in [4.78, 5) is 23.5. The lowest BCUT2D eigenvalue weighted by Crippen LogP contribution is -2.46. The van der Waals surface area contributed by atoms with E-state index in [1.165, 1.54) is 0 Å². The molecular formula is C21H26Cl2N6O3. The van der Waals surface area contributed by atoms with Crippen molar-refractivity contribution >= 4 is 35.2 Å². The van der Waals surface area contributed by atoms with Crippen molar-refractivity contribution in [3.63, 3.8) is 0 Å². The van der Waals surface area contributed by atoms with Crippen molar-refractivity contribution in [1.29, 1.82) is 0 Å². The van der Waals surface area contributed by atoms with E-state index in [1.807, 2.05) is 6.20 Å². The number of aliphatic hydroxyl groups is 1. The minimum atomic E-state index is -0.714. The van der Waals surface area contributed by atoms with Crippen LogP contribution in [0.1, 0.15) is 35.8 Å². The van der Waals surface area contributed by atoms with Gasteiger partial charge in [-0.15, -0.1) is 0 Å². The third kappa shape index (κ3) is 5.41. The largest absolute Gasteiger partial charge is 0.394 e. The number of anilines is 1. The number of nitrogens with zero attached hydrogens (tertiary/aromatic N) is 3. The van der Waals surface area contributed by atoms with Gasteiger partial charge in [0.25, 0.3) is 0 Å². The van der Waals surface area contributed by atoms with Crippen LogP contribution in [0.25, 0.3) is 0 Å². The molecule has 1 aromatic carbocycles. The Balaban J connectivity index is 1.38. The second-order valence-electron chi connectivity index (χ2n) is 7.98. The van der Waals surface area contributed by atoms with Crippen LogP contribution in [0.5, 0.6) is 0 Å². The number of carbonyl (C=O) groups is 1. The first kappa shape index (κ1) is 23.0. The molecule has 32 heavy (non-hydrogen) atoms. The monoisotopic (exact) mass is 480 g/mol. The second kappa shape index (κ2) is 10.2. The number of hydrogen-bond donors (Lipinski definition) is 4. The van der Waals surface area contributed by atoms with Crippen LogP contribution in [-0.2, 0) is 17.7 Å². The van der Waals surface area contributed by atoms with E-state index in [4.69, 9.17) is 33.7 Å². The lowest BCUT2D eigenvalue weighted by atomic mass is 10.0. The predicted octanol–water partition coefficient (Wildman–Crippen LogP) is 2.46. The Labute approximate surface area is 196 Å². The number of aliphatic hydroxyl groups excluding tert-OH is 1. The molecule has 2 aromatic rings. The van der Waals surface area contributed by atoms with E-state index >= 15 is 0 Å². The van der Waals surface area contributed by atoms with Crippen molar-refractivity contribution in [1.82, 2.24) is 20.2 Å². The average molecular weight is 481 g/mol. The van der Waals surface area contributed by atoms with Crippen molar-refractivity contribution in [2.75, 3.05) is 25.1 Å². The zero-order chi connectivity index (χ0) is 22.7. The molecule has 0 aliphatic carbocycles. The number of aromatic nitrogens is 2. The Bertz CT molecular complexity index is 979. The molecule has 1 saturated heterocycles. The first-order valence-electron chi connectivity index (χ1n) is 10.5. The van der Waals surface area contributed by atoms with Gasteiger partial charge < -0.3 is 31.1 Å². The molecule has 2 aliphatic rings. The van der Waals surface area contributed by atoms with E-state index in [-0.39, 0.29) is 24.8 Å². The van der Waals surface area contributed by atoms with Gasteiger partial charge in [-0.1, -0.05) is 29.3 Å². The zero-order valence-corrected chi connectivity index (χ0v) is 18.9. The van der Waals surface area contributed by atoms with Gasteiger partial charge in [0.1, 0.15) is 6.17 Å². The highest BCUT2D eigenvalue weighted by molar-refractivity contribution is 6.42. The van der Waals surface area contributed by atoms with Crippen molar-refractivity contribution in [3.05, 3.63) is 51.3 Å². The quantitative estimate of drug-likeness (QED) is 0.484. The summed E-state index contributed by atoms with van der Waals surface area (Å²) in [6.07, 6.45) is 3.10. The topological polar surface area (TPSA) is 126 Å². The molecule has 0 bridgehead atoms. The fourth-order valence-corrected chi connectivity index (χ4v) is 4.19. The summed E-state index contributed by atoms with van der Waals surface area (Å²) in [5.74, 6) is 0.516. The summed E-state index contributed by atoms with van der Waals surface area (Å²) in [6.45, 7) is 1.49. The molecule has 11 heteroatoms. The van der Waals surface area contributed by atoms with Crippen molar-refractivity contribution in [3.8, 4) is 0 Å². The van der Waals surface area contributed by atoms with Crippen LogP contribution in [0, 0.1) is 0 Å². The molecular weight excluding hydrogens is 455 g/mol. The fraction of sp³-hybridized carbons (Fsp3) is 0.476. The molecule has 3 atom stereocenters. The summed E-state index contributed by atoms with van der Waals surface area (Å²) < 4.78 is 5.50. The van der Waals surface area contributed by atoms with Crippen LogP contribution in [0.4, 0.5) is 10.7 Å². The van der Waals surface area contributed by atoms with Gasteiger partial charge in [0.2, 0.25) is 5.95 Å². The van der Waals surface area contributed by atoms with E-state index in [0.29, 0.717) is 54.1 Å². The number of hydrogen-bond acceptors (Lipinski definition) is 7. The van der Waals surface area contributed by atoms with E-state index in [0.717, 1.165) is 17.7 Å². The molecule has 5 N–H and O–H groups in total. The smallest absolute Gasteiger partial charge is 0.319 e. The summed E-state index contributed by atoms with van der Waals surface area (Å²) in [6, 6.07) is 4.87. The minimum absolute atomic E-state index is 0.00232. The Morgan fingerprint density at radius 1 is 1.38 bits per heavy atom. The molecule has 0 saturated carbocycles. The Morgan fingerprint density at radius 2 is 2.22 bits per heavy atom. The average Bonchev–Trinajstić information content (AvgIpc) is 2.80. The molecule has 172 valence electrons. The van der Waals surface area contributed by atoms with Crippen LogP contribution < -0.4 is 16.4 Å². The van der Waals surface area contributed by atoms with Gasteiger partial charge in [-0.05, 0) is 42.5 Å². The predicted molar refractivity (Wildman–Crippen MR) is 122 cm³/mol.